The first-order chi connectivity index (χ1) is 24.2. The van der Waals surface area contributed by atoms with Crippen LogP contribution in [0.1, 0.15) is 5.56 Å². The van der Waals surface area contributed by atoms with Crippen molar-refractivity contribution in [2.75, 3.05) is 0 Å². The predicted molar refractivity (Wildman–Crippen MR) is 198 cm³/mol. The van der Waals surface area contributed by atoms with Gasteiger partial charge in [0.1, 0.15) is 5.82 Å². The van der Waals surface area contributed by atoms with Crippen molar-refractivity contribution < 1.29 is 25.8 Å². The molecule has 0 bridgehead atoms. The summed E-state index contributed by atoms with van der Waals surface area (Å²) in [7, 11) is 0. The third-order valence-electron chi connectivity index (χ3n) is 9.56. The van der Waals surface area contributed by atoms with Gasteiger partial charge in [0.05, 0.1) is 0 Å². The van der Waals surface area contributed by atoms with E-state index in [9.17, 15) is 0 Å². The molecule has 0 spiro atoms. The summed E-state index contributed by atoms with van der Waals surface area (Å²) < 4.78 is 8.63. The maximum Gasteiger partial charge on any atom is 2.00 e. The van der Waals surface area contributed by atoms with Gasteiger partial charge in [-0.1, -0.05) is 103 Å². The first-order valence-electron chi connectivity index (χ1n) is 16.4. The van der Waals surface area contributed by atoms with Crippen LogP contribution in [0.5, 0.6) is 11.5 Å². The van der Waals surface area contributed by atoms with Gasteiger partial charge in [0.15, 0.2) is 0 Å². The van der Waals surface area contributed by atoms with Gasteiger partial charge in [-0.15, -0.1) is 41.3 Å². The van der Waals surface area contributed by atoms with Gasteiger partial charge in [-0.2, -0.15) is 6.07 Å². The molecule has 0 aliphatic heterocycles. The number of nitrogens with zero attached hydrogens (tertiary/aromatic N) is 3. The van der Waals surface area contributed by atoms with Gasteiger partial charge in [0.25, 0.3) is 0 Å². The van der Waals surface area contributed by atoms with E-state index in [0.29, 0.717) is 11.5 Å². The summed E-state index contributed by atoms with van der Waals surface area (Å²) in [6, 6.07) is 53.5. The quantitative estimate of drug-likeness (QED) is 0.166. The van der Waals surface area contributed by atoms with E-state index in [2.05, 4.69) is 126 Å². The minimum absolute atomic E-state index is 0. The first-order valence-corrected chi connectivity index (χ1v) is 16.4. The van der Waals surface area contributed by atoms with E-state index < -0.39 is 0 Å². The van der Waals surface area contributed by atoms with Crippen LogP contribution in [0.4, 0.5) is 0 Å². The predicted octanol–water partition coefficient (Wildman–Crippen LogP) is 11.4. The molecule has 3 aromatic heterocycles. The number of benzene rings is 6. The molecule has 9 aromatic rings. The second-order valence-corrected chi connectivity index (χ2v) is 12.5. The van der Waals surface area contributed by atoms with Gasteiger partial charge in [0.2, 0.25) is 0 Å². The molecule has 5 heteroatoms. The Morgan fingerprint density at radius 3 is 1.96 bits per heavy atom. The maximum atomic E-state index is 6.49. The van der Waals surface area contributed by atoms with Crippen LogP contribution in [-0.4, -0.2) is 14.5 Å². The summed E-state index contributed by atoms with van der Waals surface area (Å²) in [5.41, 5.74) is 12.0. The molecule has 6 aromatic carbocycles. The Bertz CT molecular complexity index is 2710. The number of aromatic nitrogens is 3. The van der Waals surface area contributed by atoms with Gasteiger partial charge in [-0.25, -0.2) is 4.98 Å². The number of pyridine rings is 2. The van der Waals surface area contributed by atoms with E-state index in [-0.39, 0.29) is 21.1 Å². The van der Waals surface area contributed by atoms with Crippen LogP contribution < -0.4 is 4.74 Å². The van der Waals surface area contributed by atoms with E-state index in [1.807, 2.05) is 43.6 Å². The largest absolute Gasteiger partial charge is 2.00 e. The van der Waals surface area contributed by atoms with Crippen LogP contribution >= 0.6 is 0 Å². The van der Waals surface area contributed by atoms with Crippen molar-refractivity contribution in [3.05, 3.63) is 164 Å². The van der Waals surface area contributed by atoms with Gasteiger partial charge in [-0.05, 0) is 74.3 Å². The molecule has 4 nitrogen and oxygen atoms in total. The fraction of sp³-hybridized carbons (Fsp3) is 0.0222. The molecule has 0 N–H and O–H groups in total. The fourth-order valence-corrected chi connectivity index (χ4v) is 7.38. The molecule has 0 saturated carbocycles. The van der Waals surface area contributed by atoms with E-state index in [4.69, 9.17) is 14.7 Å². The summed E-state index contributed by atoms with van der Waals surface area (Å²) >= 11 is 0. The number of ether oxygens (including phenoxy) is 1. The summed E-state index contributed by atoms with van der Waals surface area (Å²) in [6.07, 6.45) is 3.92. The molecule has 1 aliphatic carbocycles. The van der Waals surface area contributed by atoms with E-state index in [1.54, 1.807) is 0 Å². The Balaban J connectivity index is 0.00000336. The molecule has 1 aliphatic rings. The van der Waals surface area contributed by atoms with Crippen molar-refractivity contribution in [3.63, 3.8) is 0 Å². The zero-order valence-electron chi connectivity index (χ0n) is 26.9. The fourth-order valence-electron chi connectivity index (χ4n) is 7.38. The molecule has 0 fully saturated rings. The maximum absolute atomic E-state index is 6.49. The van der Waals surface area contributed by atoms with E-state index in [0.717, 1.165) is 55.4 Å². The zero-order chi connectivity index (χ0) is 32.5. The SMILES string of the molecule is Cc1ccc(-n2c3[c-]c(Oc4[c-]c(-c5ncc6c7c(cccc57)-c5ccccc5-c5ccccc5-6)ccc4)ccc3c3ccccc32)nc1.[Pt+2]. The minimum Gasteiger partial charge on any atom is -0.503 e. The number of para-hydroxylation sites is 1. The number of hydrogen-bond acceptors (Lipinski definition) is 3. The summed E-state index contributed by atoms with van der Waals surface area (Å²) in [5, 5.41) is 4.51. The number of hydrogen-bond donors (Lipinski definition) is 0. The molecular formula is C45H27N3OPt. The second-order valence-electron chi connectivity index (χ2n) is 12.5. The molecule has 0 atom stereocenters. The van der Waals surface area contributed by atoms with Crippen molar-refractivity contribution in [2.24, 2.45) is 0 Å². The molecule has 0 amide bonds. The second kappa shape index (κ2) is 11.9. The first kappa shape index (κ1) is 30.2. The minimum atomic E-state index is 0. The molecule has 50 heavy (non-hydrogen) atoms. The van der Waals surface area contributed by atoms with E-state index >= 15 is 0 Å². The zero-order valence-corrected chi connectivity index (χ0v) is 29.2. The van der Waals surface area contributed by atoms with Gasteiger partial charge >= 0.3 is 21.1 Å². The van der Waals surface area contributed by atoms with Crippen LogP contribution in [0.2, 0.25) is 0 Å². The Morgan fingerprint density at radius 2 is 1.18 bits per heavy atom. The van der Waals surface area contributed by atoms with Gasteiger partial charge in [0, 0.05) is 35.0 Å². The summed E-state index contributed by atoms with van der Waals surface area (Å²) in [6.45, 7) is 2.05. The van der Waals surface area contributed by atoms with Gasteiger partial charge in [-0.3, -0.25) is 0 Å². The normalized spacial score (nSPS) is 11.5. The molecule has 10 rings (SSSR count). The molecule has 3 heterocycles. The van der Waals surface area contributed by atoms with Crippen LogP contribution in [0, 0.1) is 19.1 Å². The van der Waals surface area contributed by atoms with Crippen LogP contribution in [0.3, 0.4) is 0 Å². The Kier molecular flexibility index (Phi) is 7.22. The molecule has 0 radical (unpaired) electrons. The topological polar surface area (TPSA) is 39.9 Å². The number of rotatable bonds is 4. The third kappa shape index (κ3) is 4.71. The smallest absolute Gasteiger partial charge is 0.503 e. The summed E-state index contributed by atoms with van der Waals surface area (Å²) in [4.78, 5) is 9.83. The molecular weight excluding hydrogens is 794 g/mol. The Morgan fingerprint density at radius 1 is 0.520 bits per heavy atom. The third-order valence-corrected chi connectivity index (χ3v) is 9.56. The average Bonchev–Trinajstić information content (AvgIpc) is 3.42. The van der Waals surface area contributed by atoms with Crippen LogP contribution in [-0.2, 0) is 21.1 Å². The Labute approximate surface area is 303 Å². The van der Waals surface area contributed by atoms with Crippen LogP contribution in [0.25, 0.3) is 83.0 Å². The molecule has 238 valence electrons. The van der Waals surface area contributed by atoms with Crippen molar-refractivity contribution in [1.29, 1.82) is 0 Å². The Hall–Kier alpha value is -5.83. The molecule has 0 unspecified atom stereocenters. The van der Waals surface area contributed by atoms with Crippen LogP contribution in [0.15, 0.2) is 146 Å². The van der Waals surface area contributed by atoms with Crippen molar-refractivity contribution in [3.8, 4) is 62.0 Å². The monoisotopic (exact) mass is 820 g/mol. The standard InChI is InChI=1S/C45H27N3O.Pt/c1-28-20-23-43(46-26-28)48-41-19-7-6-16-36(41)37-22-21-31(25-42(37)48)49-30-11-8-10-29(24-30)45-39-18-9-17-38-34-14-4-2-12-32(34)33-13-3-5-15-35(33)40(27-47-45)44(38)39;/h2-23,26-27H,1H3;/q-2;+2. The molecule has 0 saturated heterocycles. The van der Waals surface area contributed by atoms with Crippen molar-refractivity contribution in [2.45, 2.75) is 6.92 Å². The van der Waals surface area contributed by atoms with Gasteiger partial charge < -0.3 is 14.3 Å². The number of aryl methyl sites for hydroxylation is 1. The van der Waals surface area contributed by atoms with Crippen molar-refractivity contribution >= 4 is 32.6 Å². The number of fused-ring (bicyclic) bond motifs is 8. The average molecular weight is 821 g/mol. The van der Waals surface area contributed by atoms with Crippen molar-refractivity contribution in [1.82, 2.24) is 14.5 Å². The summed E-state index contributed by atoms with van der Waals surface area (Å²) in [5.74, 6) is 2.04. The van der Waals surface area contributed by atoms with E-state index in [1.165, 1.54) is 33.2 Å².